The van der Waals surface area contributed by atoms with Gasteiger partial charge in [0.05, 0.1) is 162 Å². The highest BCUT2D eigenvalue weighted by Crippen LogP contribution is 2.31. The number of rotatable bonds is 11. The van der Waals surface area contributed by atoms with E-state index in [1.165, 1.54) is 84.3 Å². The lowest BCUT2D eigenvalue weighted by molar-refractivity contribution is 0.282. The van der Waals surface area contributed by atoms with Gasteiger partial charge in [-0.05, 0) is 160 Å². The monoisotopic (exact) mass is 1560 g/mol. The largest absolute Gasteiger partial charge is 0.497 e. The molecular weight excluding hydrogens is 1470 g/mol. The highest BCUT2D eigenvalue weighted by molar-refractivity contribution is 6.07. The summed E-state index contributed by atoms with van der Waals surface area (Å²) in [4.78, 5) is 85.8. The molecule has 26 heteroatoms. The van der Waals surface area contributed by atoms with Crippen molar-refractivity contribution in [1.29, 1.82) is 0 Å². The van der Waals surface area contributed by atoms with Gasteiger partial charge < -0.3 is 28.8 Å². The van der Waals surface area contributed by atoms with Gasteiger partial charge in [-0.15, -0.1) is 0 Å². The number of benzene rings is 10. The Morgan fingerprint density at radius 3 is 1.07 bits per heavy atom. The molecule has 116 heavy (non-hydrogen) atoms. The van der Waals surface area contributed by atoms with Crippen LogP contribution in [0.25, 0.3) is 137 Å². The van der Waals surface area contributed by atoms with Crippen molar-refractivity contribution in [2.24, 2.45) is 0 Å². The van der Waals surface area contributed by atoms with E-state index in [0.29, 0.717) is 88.3 Å². The Labute approximate surface area is 679 Å². The molecule has 0 atom stereocenters. The maximum Gasteiger partial charge on any atom is 0.280 e. The Hall–Kier alpha value is -15.4. The number of aliphatic hydroxyl groups is 1. The van der Waals surface area contributed by atoms with Crippen LogP contribution in [0.5, 0.6) is 28.7 Å². The highest BCUT2D eigenvalue weighted by Gasteiger charge is 2.20. The van der Waals surface area contributed by atoms with E-state index >= 15 is 0 Å². The van der Waals surface area contributed by atoms with Crippen molar-refractivity contribution < 1.29 is 49.4 Å². The molecule has 10 aromatic carbocycles. The molecule has 20 aromatic rings. The predicted molar refractivity (Wildman–Crippen MR) is 454 cm³/mol. The van der Waals surface area contributed by atoms with E-state index in [2.05, 4.69) is 50.4 Å². The first-order chi connectivity index (χ1) is 62.1. The Morgan fingerprint density at radius 1 is 0.302 bits per heavy atom. The summed E-state index contributed by atoms with van der Waals surface area (Å²) in [6, 6.07) is 60.5. The molecule has 0 aliphatic carbocycles. The second-order valence-electron chi connectivity index (χ2n) is 27.0. The molecule has 6 N–H and O–H groups in total. The van der Waals surface area contributed by atoms with Gasteiger partial charge in [-0.25, -0.2) is 23.4 Å². The molecule has 0 aliphatic heterocycles. The molecule has 26 nitrogen and oxygen atoms in total. The van der Waals surface area contributed by atoms with Crippen LogP contribution in [0.15, 0.2) is 267 Å². The molecule has 10 aromatic heterocycles. The van der Waals surface area contributed by atoms with E-state index in [0.717, 1.165) is 71.3 Å². The number of para-hydroxylation sites is 4. The van der Waals surface area contributed by atoms with Gasteiger partial charge >= 0.3 is 0 Å². The number of aromatic amines is 5. The minimum atomic E-state index is -2.64. The lowest BCUT2D eigenvalue weighted by Crippen LogP contribution is -2.15. The predicted octanol–water partition coefficient (Wildman–Crippen LogP) is 15.1. The van der Waals surface area contributed by atoms with Crippen LogP contribution in [0.1, 0.15) is 48.4 Å². The van der Waals surface area contributed by atoms with Crippen LogP contribution in [0, 0.1) is 27.7 Å². The zero-order valence-corrected chi connectivity index (χ0v) is 61.8. The molecule has 0 spiro atoms. The summed E-state index contributed by atoms with van der Waals surface area (Å²) >= 11 is 0. The van der Waals surface area contributed by atoms with Crippen LogP contribution in [-0.2, 0) is 6.61 Å². The standard InChI is InChI=1S/C18H15N3O3.4C18H15N3O2/c1-24-16-5-3-2-4-15(16)21-18(23)13-9-19-14-8-11(10-22)6-7-12(14)17(13)20-21;1-11-3-8-16-14(9-11)17-15(10-19-16)18(22)21(20-17)12-4-6-13(23-2)7-5-12;1-11-6-7-16-14(8-11)17-15(10-19-16)18(22)21(20-17)12-4-3-5-13(9-12)23-2;1-11-6-7-14-16(8-11)19-10-15-17(14)20-21(18(15)22)12-4-3-5-13(9-12)23-2;1-11-7-8-12-14(9-11)19-10-13-17(12)20-21(18(13)22)15-5-3-4-6-16(15)23-2/h2-9,20,22H,10H2,1H3;4*3-10,20H,1-2H3/i1D3;4*2D3. The Kier molecular flexibility index (Phi) is 15.8. The maximum atomic E-state index is 12.9. The minimum absolute atomic E-state index is 0.0611. The molecular formula is C90H75N15O11. The van der Waals surface area contributed by atoms with E-state index in [9.17, 15) is 29.1 Å². The number of fused-ring (bicyclic) bond motifs is 15. The highest BCUT2D eigenvalue weighted by atomic mass is 16.5. The number of methoxy groups -OCH3 is 5. The van der Waals surface area contributed by atoms with Gasteiger partial charge in [0.2, 0.25) is 0 Å². The van der Waals surface area contributed by atoms with Crippen molar-refractivity contribution in [3.05, 3.63) is 323 Å². The summed E-state index contributed by atoms with van der Waals surface area (Å²) in [7, 11) is -12.9. The summed E-state index contributed by atoms with van der Waals surface area (Å²) in [5, 5.41) is 31.0. The van der Waals surface area contributed by atoms with Crippen LogP contribution in [0.2, 0.25) is 0 Å². The van der Waals surface area contributed by atoms with Crippen molar-refractivity contribution in [3.8, 4) is 57.2 Å². The van der Waals surface area contributed by atoms with Crippen LogP contribution in [-0.4, -0.2) is 114 Å². The first-order valence-corrected chi connectivity index (χ1v) is 35.7. The fraction of sp³-hybridized carbons (Fsp3) is 0.111. The van der Waals surface area contributed by atoms with E-state index in [-0.39, 0.29) is 68.8 Å². The van der Waals surface area contributed by atoms with E-state index < -0.39 is 35.2 Å². The van der Waals surface area contributed by atoms with Gasteiger partial charge in [0.15, 0.2) is 0 Å². The van der Waals surface area contributed by atoms with Crippen LogP contribution < -0.4 is 51.5 Å². The molecule has 20 rings (SSSR count). The second kappa shape index (κ2) is 31.4. The number of aliphatic hydroxyl groups excluding tert-OH is 1. The average molecular weight is 1560 g/mol. The molecule has 0 fully saturated rings. The van der Waals surface area contributed by atoms with Gasteiger partial charge in [0.1, 0.15) is 40.1 Å². The smallest absolute Gasteiger partial charge is 0.280 e. The normalized spacial score (nSPS) is 13.7. The summed E-state index contributed by atoms with van der Waals surface area (Å²) in [5.41, 5.74) is 12.8. The Bertz CT molecular complexity index is 8160. The quantitative estimate of drug-likeness (QED) is 0.0701. The van der Waals surface area contributed by atoms with Crippen molar-refractivity contribution in [2.75, 3.05) is 35.2 Å². The number of hydrogen-bond donors (Lipinski definition) is 6. The number of aromatic nitrogens is 15. The van der Waals surface area contributed by atoms with E-state index in [1.807, 2.05) is 100 Å². The Balaban J connectivity index is 0.000000120. The van der Waals surface area contributed by atoms with E-state index in [4.69, 9.17) is 44.2 Å². The SMILES string of the molecule is [2H]C([2H])([2H])Oc1ccc(-n2[nH]c3c(cnc4ccc(C)cc43)c2=O)cc1.[2H]C([2H])([2H])Oc1cccc(-n2[nH]c3c(cnc4cc(C)ccc43)c2=O)c1.[2H]C([2H])([2H])Oc1cccc(-n2[nH]c3c(cnc4ccc(C)cc43)c2=O)c1.[2H]C([2H])([2H])Oc1ccccc1-n1[nH]c2c(cnc3cc(C)ccc32)c1=O.[2H]C([2H])([2H])Oc1ccccc1-n1[nH]c2c(cnc3cc(CO)ccc32)c1=O. The lowest BCUT2D eigenvalue weighted by atomic mass is 10.1. The molecule has 0 radical (unpaired) electrons. The molecule has 0 aliphatic rings. The second-order valence-corrected chi connectivity index (χ2v) is 27.0. The summed E-state index contributed by atoms with van der Waals surface area (Å²) < 4.78 is 140. The van der Waals surface area contributed by atoms with Crippen molar-refractivity contribution in [3.63, 3.8) is 0 Å². The van der Waals surface area contributed by atoms with Gasteiger partial charge in [-0.2, -0.15) is 0 Å². The number of ether oxygens (including phenoxy) is 5. The van der Waals surface area contributed by atoms with Crippen molar-refractivity contribution in [2.45, 2.75) is 34.3 Å². The third-order valence-electron chi connectivity index (χ3n) is 19.5. The molecule has 0 amide bonds. The topological polar surface area (TPSA) is 320 Å². The number of nitrogens with one attached hydrogen (secondary N) is 5. The number of H-pyrrole nitrogens is 5. The molecule has 576 valence electrons. The van der Waals surface area contributed by atoms with Gasteiger partial charge in [0.25, 0.3) is 27.8 Å². The van der Waals surface area contributed by atoms with Gasteiger partial charge in [-0.1, -0.05) is 96.1 Å². The molecule has 10 heterocycles. The van der Waals surface area contributed by atoms with Crippen LogP contribution in [0.3, 0.4) is 0 Å². The maximum absolute atomic E-state index is 12.9. The molecule has 0 unspecified atom stereocenters. The summed E-state index contributed by atoms with van der Waals surface area (Å²) in [5.74, 6) is 0.680. The number of aryl methyl sites for hydroxylation is 4. The fourth-order valence-corrected chi connectivity index (χ4v) is 13.8. The Morgan fingerprint density at radius 2 is 0.647 bits per heavy atom. The van der Waals surface area contributed by atoms with Crippen molar-refractivity contribution >= 4 is 109 Å². The number of nitrogens with zero attached hydrogens (tertiary/aromatic N) is 10. The van der Waals surface area contributed by atoms with Gasteiger partial charge in [0, 0.05) is 70.0 Å². The summed E-state index contributed by atoms with van der Waals surface area (Å²) in [6.07, 6.45) is 7.65. The van der Waals surface area contributed by atoms with Crippen molar-refractivity contribution in [1.82, 2.24) is 73.8 Å². The first-order valence-electron chi connectivity index (χ1n) is 43.2. The fourth-order valence-electron chi connectivity index (χ4n) is 13.8. The minimum Gasteiger partial charge on any atom is -0.497 e. The molecule has 0 saturated heterocycles. The summed E-state index contributed by atoms with van der Waals surface area (Å²) in [6.45, 7) is 7.81. The van der Waals surface area contributed by atoms with Crippen LogP contribution in [0.4, 0.5) is 0 Å². The van der Waals surface area contributed by atoms with E-state index in [1.54, 1.807) is 110 Å². The lowest BCUT2D eigenvalue weighted by Gasteiger charge is -2.07. The third kappa shape index (κ3) is 14.0. The first kappa shape index (κ1) is 58.5. The zero-order valence-electron chi connectivity index (χ0n) is 76.8. The number of hydrogen-bond acceptors (Lipinski definition) is 16. The molecule has 0 bridgehead atoms. The molecule has 0 saturated carbocycles. The van der Waals surface area contributed by atoms with Crippen LogP contribution >= 0.6 is 0 Å². The zero-order chi connectivity index (χ0) is 93.1. The average Bonchev–Trinajstić information content (AvgIpc) is 1.63. The van der Waals surface area contributed by atoms with Gasteiger partial charge in [-0.3, -0.25) is 74.4 Å². The number of pyridine rings is 5. The third-order valence-corrected chi connectivity index (χ3v) is 19.5.